The molecule has 1 heterocycles. The molecule has 13 heavy (non-hydrogen) atoms. The Kier molecular flexibility index (Phi) is 3.93. The smallest absolute Gasteiger partial charge is 0.183 e. The maximum atomic E-state index is 8.35. The lowest BCUT2D eigenvalue weighted by Crippen LogP contribution is -2.13. The quantitative estimate of drug-likeness (QED) is 0.337. The molecular formula is C8H9N3OS. The van der Waals surface area contributed by atoms with E-state index in [-0.39, 0.29) is 0 Å². The van der Waals surface area contributed by atoms with Gasteiger partial charge >= 0.3 is 0 Å². The fraction of sp³-hybridized carbons (Fsp3) is 0.250. The van der Waals surface area contributed by atoms with Crippen molar-refractivity contribution in [1.29, 1.82) is 5.26 Å². The third kappa shape index (κ3) is 3.22. The summed E-state index contributed by atoms with van der Waals surface area (Å²) < 4.78 is 4.88. The first-order chi connectivity index (χ1) is 6.36. The zero-order valence-corrected chi connectivity index (χ0v) is 7.97. The Labute approximate surface area is 80.6 Å². The highest BCUT2D eigenvalue weighted by Crippen LogP contribution is 2.03. The van der Waals surface area contributed by atoms with Crippen molar-refractivity contribution in [2.45, 2.75) is 6.54 Å². The van der Waals surface area contributed by atoms with Gasteiger partial charge in [0.15, 0.2) is 11.4 Å². The largest absolute Gasteiger partial charge is 0.472 e. The predicted molar refractivity (Wildman–Crippen MR) is 52.1 cm³/mol. The summed E-state index contributed by atoms with van der Waals surface area (Å²) in [4.78, 5) is 4.16. The normalized spacial score (nSPS) is 10.9. The first kappa shape index (κ1) is 9.68. The molecule has 1 aromatic heterocycles. The molecule has 0 atom stereocenters. The molecule has 0 amide bonds. The van der Waals surface area contributed by atoms with Gasteiger partial charge < -0.3 is 4.42 Å². The van der Waals surface area contributed by atoms with Crippen LogP contribution in [0.25, 0.3) is 0 Å². The van der Waals surface area contributed by atoms with E-state index < -0.39 is 0 Å². The Morgan fingerprint density at radius 1 is 1.85 bits per heavy atom. The number of hydrogen-bond donors (Lipinski definition) is 1. The van der Waals surface area contributed by atoms with Gasteiger partial charge in [-0.15, -0.1) is 0 Å². The number of aliphatic imine (C=N–C) groups is 1. The number of amidine groups is 1. The molecule has 0 aliphatic rings. The van der Waals surface area contributed by atoms with Gasteiger partial charge in [0.05, 0.1) is 19.1 Å². The van der Waals surface area contributed by atoms with Crippen molar-refractivity contribution < 1.29 is 4.42 Å². The van der Waals surface area contributed by atoms with Crippen LogP contribution in [0.4, 0.5) is 0 Å². The third-order valence-corrected chi connectivity index (χ3v) is 1.96. The van der Waals surface area contributed by atoms with E-state index in [9.17, 15) is 0 Å². The lowest BCUT2D eigenvalue weighted by Gasteiger charge is -1.97. The first-order valence-electron chi connectivity index (χ1n) is 3.61. The lowest BCUT2D eigenvalue weighted by molar-refractivity contribution is 0.564. The minimum Gasteiger partial charge on any atom is -0.472 e. The molecule has 0 radical (unpaired) electrons. The number of hydrogen-bond acceptors (Lipinski definition) is 4. The second-order valence-corrected chi connectivity index (χ2v) is 2.99. The molecule has 0 saturated carbocycles. The van der Waals surface area contributed by atoms with Crippen LogP contribution >= 0.6 is 11.8 Å². The van der Waals surface area contributed by atoms with Gasteiger partial charge in [-0.25, -0.2) is 0 Å². The number of furan rings is 1. The molecule has 0 saturated heterocycles. The van der Waals surface area contributed by atoms with Crippen molar-refractivity contribution in [2.75, 3.05) is 6.26 Å². The third-order valence-electron chi connectivity index (χ3n) is 1.34. The number of thioether (sulfide) groups is 1. The molecule has 68 valence electrons. The molecule has 0 bridgehead atoms. The van der Waals surface area contributed by atoms with Crippen LogP contribution in [-0.2, 0) is 6.54 Å². The van der Waals surface area contributed by atoms with Crippen LogP contribution in [0.1, 0.15) is 5.56 Å². The maximum Gasteiger partial charge on any atom is 0.183 e. The van der Waals surface area contributed by atoms with E-state index in [0.717, 1.165) is 5.56 Å². The van der Waals surface area contributed by atoms with Crippen LogP contribution in [0.3, 0.4) is 0 Å². The molecule has 1 N–H and O–H groups in total. The van der Waals surface area contributed by atoms with E-state index in [1.54, 1.807) is 12.5 Å². The summed E-state index contributed by atoms with van der Waals surface area (Å²) in [6, 6.07) is 1.84. The Morgan fingerprint density at radius 2 is 2.69 bits per heavy atom. The average Bonchev–Trinajstić information content (AvgIpc) is 2.64. The van der Waals surface area contributed by atoms with Gasteiger partial charge in [0, 0.05) is 5.56 Å². The first-order valence-corrected chi connectivity index (χ1v) is 4.84. The fourth-order valence-corrected chi connectivity index (χ4v) is 1.09. The maximum absolute atomic E-state index is 8.35. The molecule has 0 unspecified atom stereocenters. The Morgan fingerprint density at radius 3 is 3.23 bits per heavy atom. The summed E-state index contributed by atoms with van der Waals surface area (Å²) in [6.45, 7) is 0.529. The van der Waals surface area contributed by atoms with Crippen LogP contribution in [0, 0.1) is 11.5 Å². The number of rotatable bonds is 2. The summed E-state index contributed by atoms with van der Waals surface area (Å²) in [7, 11) is 0. The van der Waals surface area contributed by atoms with Crippen molar-refractivity contribution >= 4 is 16.9 Å². The Bertz CT molecular complexity index is 313. The minimum absolute atomic E-state index is 0.529. The summed E-state index contributed by atoms with van der Waals surface area (Å²) >= 11 is 1.40. The highest BCUT2D eigenvalue weighted by molar-refractivity contribution is 8.13. The van der Waals surface area contributed by atoms with Crippen molar-refractivity contribution in [1.82, 2.24) is 5.32 Å². The highest BCUT2D eigenvalue weighted by atomic mass is 32.2. The molecule has 0 spiro atoms. The van der Waals surface area contributed by atoms with Crippen molar-refractivity contribution in [3.63, 3.8) is 0 Å². The Hall–Kier alpha value is -1.41. The molecule has 0 fully saturated rings. The van der Waals surface area contributed by atoms with Gasteiger partial charge in [-0.2, -0.15) is 5.26 Å². The van der Waals surface area contributed by atoms with Crippen LogP contribution in [0.15, 0.2) is 28.0 Å². The van der Waals surface area contributed by atoms with Crippen LogP contribution < -0.4 is 5.32 Å². The molecular weight excluding hydrogens is 186 g/mol. The predicted octanol–water partition coefficient (Wildman–Crippen LogP) is 1.57. The topological polar surface area (TPSA) is 61.3 Å². The molecule has 1 rings (SSSR count). The second kappa shape index (κ2) is 5.27. The minimum atomic E-state index is 0.529. The second-order valence-electron chi connectivity index (χ2n) is 2.19. The molecule has 0 aliphatic carbocycles. The molecule has 0 aromatic carbocycles. The number of nitrogens with one attached hydrogen (secondary N) is 1. The molecule has 4 nitrogen and oxygen atoms in total. The van der Waals surface area contributed by atoms with E-state index in [1.807, 2.05) is 18.5 Å². The van der Waals surface area contributed by atoms with Gasteiger partial charge in [-0.05, 0) is 12.3 Å². The zero-order valence-electron chi connectivity index (χ0n) is 7.15. The molecule has 5 heteroatoms. The van der Waals surface area contributed by atoms with Gasteiger partial charge in [0.1, 0.15) is 0 Å². The van der Waals surface area contributed by atoms with E-state index in [2.05, 4.69) is 10.3 Å². The highest BCUT2D eigenvalue weighted by Gasteiger charge is 1.95. The molecule has 1 aromatic rings. The summed E-state index contributed by atoms with van der Waals surface area (Å²) in [5, 5.41) is 11.4. The van der Waals surface area contributed by atoms with Crippen LogP contribution in [-0.4, -0.2) is 11.4 Å². The monoisotopic (exact) mass is 195 g/mol. The van der Waals surface area contributed by atoms with Gasteiger partial charge in [0.2, 0.25) is 0 Å². The number of nitriles is 1. The van der Waals surface area contributed by atoms with Crippen LogP contribution in [0.2, 0.25) is 0 Å². The van der Waals surface area contributed by atoms with E-state index in [0.29, 0.717) is 11.7 Å². The SMILES string of the molecule is CSC(=NCc1ccoc1)NC#N. The standard InChI is InChI=1S/C8H9N3OS/c1-13-8(11-6-9)10-4-7-2-3-12-5-7/h2-3,5H,4H2,1H3,(H,10,11). The van der Waals surface area contributed by atoms with Gasteiger partial charge in [-0.3, -0.25) is 10.3 Å². The van der Waals surface area contributed by atoms with E-state index in [4.69, 9.17) is 9.68 Å². The fourth-order valence-electron chi connectivity index (χ4n) is 0.749. The summed E-state index contributed by atoms with van der Waals surface area (Å²) in [5.74, 6) is 0. The van der Waals surface area contributed by atoms with Crippen molar-refractivity contribution in [3.8, 4) is 6.19 Å². The zero-order chi connectivity index (χ0) is 9.52. The summed E-state index contributed by atoms with van der Waals surface area (Å²) in [6.07, 6.45) is 6.91. The average molecular weight is 195 g/mol. The molecule has 0 aliphatic heterocycles. The van der Waals surface area contributed by atoms with Gasteiger partial charge in [-0.1, -0.05) is 11.8 Å². The lowest BCUT2D eigenvalue weighted by atomic mass is 10.3. The van der Waals surface area contributed by atoms with Crippen LogP contribution in [0.5, 0.6) is 0 Å². The Balaban J connectivity index is 2.51. The van der Waals surface area contributed by atoms with Gasteiger partial charge in [0.25, 0.3) is 0 Å². The van der Waals surface area contributed by atoms with Crippen molar-refractivity contribution in [2.24, 2.45) is 4.99 Å². The van der Waals surface area contributed by atoms with Crippen molar-refractivity contribution in [3.05, 3.63) is 24.2 Å². The van der Waals surface area contributed by atoms with E-state index >= 15 is 0 Å². The summed E-state index contributed by atoms with van der Waals surface area (Å²) in [5.41, 5.74) is 0.992. The van der Waals surface area contributed by atoms with E-state index in [1.165, 1.54) is 11.8 Å². The number of nitrogens with zero attached hydrogens (tertiary/aromatic N) is 2.